The van der Waals surface area contributed by atoms with E-state index in [0.717, 1.165) is 38.1 Å². The third-order valence-corrected chi connectivity index (χ3v) is 5.54. The monoisotopic (exact) mass is 376 g/mol. The molecular formula is C21H32N2O4. The van der Waals surface area contributed by atoms with E-state index in [4.69, 9.17) is 9.47 Å². The molecule has 6 heteroatoms. The zero-order valence-electron chi connectivity index (χ0n) is 16.7. The van der Waals surface area contributed by atoms with E-state index in [9.17, 15) is 9.90 Å². The fraction of sp³-hybridized carbons (Fsp3) is 0.667. The molecular weight excluding hydrogens is 344 g/mol. The van der Waals surface area contributed by atoms with E-state index in [1.165, 1.54) is 0 Å². The minimum absolute atomic E-state index is 0.232. The lowest BCUT2D eigenvalue weighted by atomic mass is 9.89. The summed E-state index contributed by atoms with van der Waals surface area (Å²) in [5.41, 5.74) is -1.03. The minimum atomic E-state index is -0.663. The van der Waals surface area contributed by atoms with Gasteiger partial charge < -0.3 is 24.4 Å². The zero-order chi connectivity index (χ0) is 19.5. The molecule has 1 aromatic carbocycles. The van der Waals surface area contributed by atoms with Gasteiger partial charge in [-0.25, -0.2) is 4.79 Å². The summed E-state index contributed by atoms with van der Waals surface area (Å²) < 4.78 is 11.5. The molecule has 0 aliphatic carbocycles. The molecule has 1 aromatic rings. The Morgan fingerprint density at radius 1 is 1.26 bits per heavy atom. The molecule has 27 heavy (non-hydrogen) atoms. The molecule has 2 aliphatic heterocycles. The van der Waals surface area contributed by atoms with Gasteiger partial charge in [-0.05, 0) is 39.3 Å². The van der Waals surface area contributed by atoms with Crippen molar-refractivity contribution in [2.75, 3.05) is 32.8 Å². The van der Waals surface area contributed by atoms with Crippen molar-refractivity contribution >= 4 is 6.09 Å². The predicted octanol–water partition coefficient (Wildman–Crippen LogP) is 2.90. The van der Waals surface area contributed by atoms with Gasteiger partial charge in [0.1, 0.15) is 18.0 Å². The average molecular weight is 376 g/mol. The van der Waals surface area contributed by atoms with Crippen LogP contribution in [0.4, 0.5) is 4.79 Å². The molecule has 2 fully saturated rings. The maximum atomic E-state index is 12.3. The van der Waals surface area contributed by atoms with Crippen molar-refractivity contribution in [2.45, 2.75) is 57.3 Å². The summed E-state index contributed by atoms with van der Waals surface area (Å²) in [5.74, 6) is 0.814. The highest BCUT2D eigenvalue weighted by molar-refractivity contribution is 5.70. The highest BCUT2D eigenvalue weighted by Crippen LogP contribution is 2.34. The van der Waals surface area contributed by atoms with Crippen LogP contribution in [0.1, 0.15) is 40.0 Å². The van der Waals surface area contributed by atoms with E-state index in [-0.39, 0.29) is 11.7 Å². The van der Waals surface area contributed by atoms with Crippen molar-refractivity contribution in [3.05, 3.63) is 30.3 Å². The first kappa shape index (κ1) is 20.0. The maximum absolute atomic E-state index is 12.3. The van der Waals surface area contributed by atoms with Crippen molar-refractivity contribution in [1.82, 2.24) is 9.80 Å². The highest BCUT2D eigenvalue weighted by Gasteiger charge is 2.47. The van der Waals surface area contributed by atoms with Crippen LogP contribution in [0.15, 0.2) is 30.3 Å². The normalized spacial score (nSPS) is 21.3. The van der Waals surface area contributed by atoms with Crippen LogP contribution >= 0.6 is 0 Å². The number of benzene rings is 1. The lowest BCUT2D eigenvalue weighted by Gasteiger charge is -2.41. The Morgan fingerprint density at radius 3 is 2.56 bits per heavy atom. The molecule has 0 aromatic heterocycles. The molecule has 0 saturated carbocycles. The second kappa shape index (κ2) is 8.07. The fourth-order valence-electron chi connectivity index (χ4n) is 4.14. The van der Waals surface area contributed by atoms with Gasteiger partial charge in [-0.2, -0.15) is 0 Å². The standard InChI is InChI=1S/C21H32N2O4/c1-17(15-20(2,3)25)22-11-9-21(10-12-22)16-23(19(24)27-21)13-14-26-18-7-5-4-6-8-18/h4-8,17,25H,9-16H2,1-3H3/t17-/m1/s1. The first-order chi connectivity index (χ1) is 12.8. The summed E-state index contributed by atoms with van der Waals surface area (Å²) in [6.07, 6.45) is 2.18. The van der Waals surface area contributed by atoms with Crippen molar-refractivity contribution in [2.24, 2.45) is 0 Å². The summed E-state index contributed by atoms with van der Waals surface area (Å²) in [5, 5.41) is 10.0. The van der Waals surface area contributed by atoms with Crippen LogP contribution in [0, 0.1) is 0 Å². The summed E-state index contributed by atoms with van der Waals surface area (Å²) in [4.78, 5) is 16.4. The second-order valence-corrected chi connectivity index (χ2v) is 8.54. The number of hydrogen-bond donors (Lipinski definition) is 1. The predicted molar refractivity (Wildman–Crippen MR) is 104 cm³/mol. The quantitative estimate of drug-likeness (QED) is 0.793. The summed E-state index contributed by atoms with van der Waals surface area (Å²) in [6, 6.07) is 9.95. The minimum Gasteiger partial charge on any atom is -0.492 e. The zero-order valence-corrected chi connectivity index (χ0v) is 16.7. The number of carbonyl (C=O) groups excluding carboxylic acids is 1. The van der Waals surface area contributed by atoms with E-state index < -0.39 is 5.60 Å². The van der Waals surface area contributed by atoms with Gasteiger partial charge in [-0.3, -0.25) is 0 Å². The molecule has 0 bridgehead atoms. The molecule has 6 nitrogen and oxygen atoms in total. The van der Waals surface area contributed by atoms with E-state index in [0.29, 0.717) is 25.7 Å². The lowest BCUT2D eigenvalue weighted by Crippen LogP contribution is -2.50. The first-order valence-electron chi connectivity index (χ1n) is 9.89. The molecule has 1 atom stereocenters. The van der Waals surface area contributed by atoms with Crippen molar-refractivity contribution in [3.8, 4) is 5.75 Å². The summed E-state index contributed by atoms with van der Waals surface area (Å²) >= 11 is 0. The number of amides is 1. The number of piperidine rings is 1. The molecule has 150 valence electrons. The van der Waals surface area contributed by atoms with Crippen LogP contribution in [-0.4, -0.2) is 71.0 Å². The molecule has 2 saturated heterocycles. The number of hydrogen-bond acceptors (Lipinski definition) is 5. The van der Waals surface area contributed by atoms with Crippen molar-refractivity contribution in [1.29, 1.82) is 0 Å². The smallest absolute Gasteiger partial charge is 0.410 e. The third kappa shape index (κ3) is 5.36. The van der Waals surface area contributed by atoms with Gasteiger partial charge in [0.05, 0.1) is 18.7 Å². The number of carbonyl (C=O) groups is 1. The van der Waals surface area contributed by atoms with Gasteiger partial charge in [0.2, 0.25) is 0 Å². The Bertz CT molecular complexity index is 621. The van der Waals surface area contributed by atoms with Gasteiger partial charge in [0, 0.05) is 32.0 Å². The molecule has 2 heterocycles. The molecule has 1 spiro atoms. The lowest BCUT2D eigenvalue weighted by molar-refractivity contribution is -0.0222. The largest absolute Gasteiger partial charge is 0.492 e. The number of aliphatic hydroxyl groups is 1. The molecule has 1 N–H and O–H groups in total. The number of nitrogens with zero attached hydrogens (tertiary/aromatic N) is 2. The van der Waals surface area contributed by atoms with Crippen molar-refractivity contribution < 1.29 is 19.4 Å². The van der Waals surface area contributed by atoms with E-state index >= 15 is 0 Å². The fourth-order valence-corrected chi connectivity index (χ4v) is 4.14. The Kier molecular flexibility index (Phi) is 5.96. The number of likely N-dealkylation sites (tertiary alicyclic amines) is 1. The van der Waals surface area contributed by atoms with E-state index in [2.05, 4.69) is 11.8 Å². The van der Waals surface area contributed by atoms with Gasteiger partial charge in [0.25, 0.3) is 0 Å². The Hall–Kier alpha value is -1.79. The molecule has 2 aliphatic rings. The van der Waals surface area contributed by atoms with Gasteiger partial charge in [0.15, 0.2) is 0 Å². The Morgan fingerprint density at radius 2 is 1.93 bits per heavy atom. The van der Waals surface area contributed by atoms with Gasteiger partial charge in [-0.1, -0.05) is 18.2 Å². The van der Waals surface area contributed by atoms with Gasteiger partial charge in [-0.15, -0.1) is 0 Å². The molecule has 0 unspecified atom stereocenters. The van der Waals surface area contributed by atoms with E-state index in [1.54, 1.807) is 4.90 Å². The van der Waals surface area contributed by atoms with Crippen molar-refractivity contribution in [3.63, 3.8) is 0 Å². The second-order valence-electron chi connectivity index (χ2n) is 8.54. The SMILES string of the molecule is C[C@H](CC(C)(C)O)N1CCC2(CC1)CN(CCOc1ccccc1)C(=O)O2. The van der Waals surface area contributed by atoms with Crippen LogP contribution in [0.25, 0.3) is 0 Å². The van der Waals surface area contributed by atoms with E-state index in [1.807, 2.05) is 44.2 Å². The topological polar surface area (TPSA) is 62.2 Å². The number of ether oxygens (including phenoxy) is 2. The molecule has 1 amide bonds. The van der Waals surface area contributed by atoms with Crippen LogP contribution < -0.4 is 4.74 Å². The van der Waals surface area contributed by atoms with Crippen LogP contribution in [0.2, 0.25) is 0 Å². The third-order valence-electron chi connectivity index (χ3n) is 5.54. The molecule has 3 rings (SSSR count). The summed E-state index contributed by atoms with van der Waals surface area (Å²) in [6.45, 7) is 9.27. The first-order valence-corrected chi connectivity index (χ1v) is 9.89. The van der Waals surface area contributed by atoms with Crippen LogP contribution in [0.5, 0.6) is 5.75 Å². The van der Waals surface area contributed by atoms with Crippen LogP contribution in [-0.2, 0) is 4.74 Å². The summed E-state index contributed by atoms with van der Waals surface area (Å²) in [7, 11) is 0. The maximum Gasteiger partial charge on any atom is 0.410 e. The highest BCUT2D eigenvalue weighted by atomic mass is 16.6. The van der Waals surface area contributed by atoms with Gasteiger partial charge >= 0.3 is 6.09 Å². The Balaban J connectivity index is 1.46. The van der Waals surface area contributed by atoms with Crippen LogP contribution in [0.3, 0.4) is 0 Å². The molecule has 0 radical (unpaired) electrons. The number of para-hydroxylation sites is 1. The average Bonchev–Trinajstić information content (AvgIpc) is 2.90. The Labute approximate surface area is 162 Å². The number of rotatable bonds is 7.